The Morgan fingerprint density at radius 1 is 0.697 bits per heavy atom. The molecule has 1 saturated heterocycles. The quantitative estimate of drug-likeness (QED) is 0.591. The van der Waals surface area contributed by atoms with E-state index in [4.69, 9.17) is 37.9 Å². The van der Waals surface area contributed by atoms with Gasteiger partial charge in [-0.25, -0.2) is 0 Å². The van der Waals surface area contributed by atoms with Crippen molar-refractivity contribution in [2.45, 2.75) is 18.6 Å². The molecule has 4 rings (SSSR count). The van der Waals surface area contributed by atoms with Gasteiger partial charge in [0.2, 0.25) is 11.5 Å². The Bertz CT molecular complexity index is 979. The highest BCUT2D eigenvalue weighted by Gasteiger charge is 2.49. The molecule has 0 spiro atoms. The molecule has 180 valence electrons. The van der Waals surface area contributed by atoms with E-state index in [9.17, 15) is 0 Å². The predicted octanol–water partition coefficient (Wildman–Crippen LogP) is 3.66. The van der Waals surface area contributed by atoms with Crippen LogP contribution in [0.5, 0.6) is 34.5 Å². The van der Waals surface area contributed by atoms with Gasteiger partial charge < -0.3 is 37.9 Å². The second-order valence-corrected chi connectivity index (χ2v) is 8.13. The first-order valence-electron chi connectivity index (χ1n) is 10.8. The van der Waals surface area contributed by atoms with E-state index in [1.54, 1.807) is 49.8 Å². The van der Waals surface area contributed by atoms with Gasteiger partial charge in [-0.05, 0) is 41.7 Å². The van der Waals surface area contributed by atoms with Crippen molar-refractivity contribution >= 4 is 0 Å². The lowest BCUT2D eigenvalue weighted by Gasteiger charge is -2.38. The summed E-state index contributed by atoms with van der Waals surface area (Å²) in [6, 6.07) is 6.01. The number of hydrogen-bond donors (Lipinski definition) is 0. The Morgan fingerprint density at radius 2 is 1.27 bits per heavy atom. The second kappa shape index (κ2) is 9.57. The number of fused-ring (bicyclic) bond motifs is 2. The Labute approximate surface area is 194 Å². The van der Waals surface area contributed by atoms with Crippen LogP contribution in [0.3, 0.4) is 0 Å². The molecule has 0 aromatic heterocycles. The summed E-state index contributed by atoms with van der Waals surface area (Å²) in [5, 5.41) is 0. The van der Waals surface area contributed by atoms with Crippen molar-refractivity contribution in [2.75, 3.05) is 56.4 Å². The summed E-state index contributed by atoms with van der Waals surface area (Å²) in [6.07, 6.45) is 0.461. The van der Waals surface area contributed by atoms with Crippen LogP contribution in [0.1, 0.15) is 22.6 Å². The summed E-state index contributed by atoms with van der Waals surface area (Å²) in [4.78, 5) is 0. The molecular weight excluding hydrogens is 428 g/mol. The van der Waals surface area contributed by atoms with Crippen molar-refractivity contribution in [3.63, 3.8) is 0 Å². The molecule has 1 fully saturated rings. The standard InChI is InChI=1S/C25H32O8/c1-26-16-10-14(11-17(27-2)22(16)29-4)19-20-13(8-15-12-33-25(32-7)21(15)19)9-18(28-3)23(30-5)24(20)31-6/h9-11,15,19,21,25H,8,12H2,1-7H3/t15-,19-,21-,25+/m1/s1. The third-order valence-corrected chi connectivity index (χ3v) is 6.74. The summed E-state index contributed by atoms with van der Waals surface area (Å²) >= 11 is 0. The molecule has 8 heteroatoms. The maximum atomic E-state index is 6.06. The summed E-state index contributed by atoms with van der Waals surface area (Å²) < 4.78 is 46.0. The minimum atomic E-state index is -0.356. The van der Waals surface area contributed by atoms with Gasteiger partial charge in [0.05, 0.1) is 49.3 Å². The van der Waals surface area contributed by atoms with Gasteiger partial charge in [-0.1, -0.05) is 0 Å². The summed E-state index contributed by atoms with van der Waals surface area (Å²) in [5.74, 6) is 3.74. The highest BCUT2D eigenvalue weighted by molar-refractivity contribution is 5.64. The van der Waals surface area contributed by atoms with Gasteiger partial charge in [-0.2, -0.15) is 0 Å². The first-order valence-corrected chi connectivity index (χ1v) is 10.8. The average Bonchev–Trinajstić information content (AvgIpc) is 3.27. The zero-order valence-corrected chi connectivity index (χ0v) is 20.2. The molecule has 0 radical (unpaired) electrons. The van der Waals surface area contributed by atoms with Crippen molar-refractivity contribution in [3.8, 4) is 34.5 Å². The maximum Gasteiger partial charge on any atom is 0.203 e. The fourth-order valence-electron chi connectivity index (χ4n) is 5.40. The summed E-state index contributed by atoms with van der Waals surface area (Å²) in [7, 11) is 11.4. The SMILES string of the molecule is COc1cc([C@@H]2c3c(cc(OC)c(OC)c3OC)C[C@@H]3CO[C@H](OC)[C@H]32)cc(OC)c1OC. The third kappa shape index (κ3) is 3.71. The highest BCUT2D eigenvalue weighted by Crippen LogP contribution is 2.57. The van der Waals surface area contributed by atoms with Crippen LogP contribution in [0.25, 0.3) is 0 Å². The third-order valence-electron chi connectivity index (χ3n) is 6.74. The first-order chi connectivity index (χ1) is 16.1. The molecule has 2 aliphatic rings. The highest BCUT2D eigenvalue weighted by atomic mass is 16.7. The van der Waals surface area contributed by atoms with Gasteiger partial charge in [0.1, 0.15) is 0 Å². The van der Waals surface area contributed by atoms with Crippen molar-refractivity contribution in [2.24, 2.45) is 11.8 Å². The molecule has 1 aliphatic heterocycles. The number of benzene rings is 2. The molecule has 0 unspecified atom stereocenters. The van der Waals surface area contributed by atoms with E-state index in [-0.39, 0.29) is 24.0 Å². The van der Waals surface area contributed by atoms with E-state index >= 15 is 0 Å². The molecule has 2 aromatic carbocycles. The second-order valence-electron chi connectivity index (χ2n) is 8.13. The molecule has 8 nitrogen and oxygen atoms in total. The van der Waals surface area contributed by atoms with Crippen molar-refractivity contribution < 1.29 is 37.9 Å². The topological polar surface area (TPSA) is 73.8 Å². The molecule has 0 amide bonds. The van der Waals surface area contributed by atoms with E-state index in [2.05, 4.69) is 0 Å². The molecule has 0 N–H and O–H groups in total. The smallest absolute Gasteiger partial charge is 0.203 e. The van der Waals surface area contributed by atoms with E-state index in [1.807, 2.05) is 18.2 Å². The average molecular weight is 461 g/mol. The predicted molar refractivity (Wildman–Crippen MR) is 121 cm³/mol. The normalized spacial score (nSPS) is 23.4. The number of methoxy groups -OCH3 is 7. The molecule has 1 aliphatic carbocycles. The number of hydrogen-bond acceptors (Lipinski definition) is 8. The minimum absolute atomic E-state index is 0.0531. The molecule has 0 saturated carbocycles. The van der Waals surface area contributed by atoms with Gasteiger partial charge in [0, 0.05) is 24.5 Å². The van der Waals surface area contributed by atoms with Crippen LogP contribution in [0.2, 0.25) is 0 Å². The van der Waals surface area contributed by atoms with Gasteiger partial charge in [-0.3, -0.25) is 0 Å². The summed E-state index contributed by atoms with van der Waals surface area (Å²) in [6.45, 7) is 0.611. The van der Waals surface area contributed by atoms with Gasteiger partial charge in [-0.15, -0.1) is 0 Å². The van der Waals surface area contributed by atoms with Crippen LogP contribution in [-0.2, 0) is 15.9 Å². The molecule has 0 bridgehead atoms. The van der Waals surface area contributed by atoms with Gasteiger partial charge in [0.25, 0.3) is 0 Å². The lowest BCUT2D eigenvalue weighted by Crippen LogP contribution is -2.35. The number of ether oxygens (including phenoxy) is 8. The van der Waals surface area contributed by atoms with Crippen LogP contribution < -0.4 is 28.4 Å². The van der Waals surface area contributed by atoms with Gasteiger partial charge >= 0.3 is 0 Å². The monoisotopic (exact) mass is 460 g/mol. The largest absolute Gasteiger partial charge is 0.493 e. The van der Waals surface area contributed by atoms with Gasteiger partial charge in [0.15, 0.2) is 29.3 Å². The van der Waals surface area contributed by atoms with Crippen molar-refractivity contribution in [1.29, 1.82) is 0 Å². The molecule has 33 heavy (non-hydrogen) atoms. The Morgan fingerprint density at radius 3 is 1.79 bits per heavy atom. The summed E-state index contributed by atoms with van der Waals surface area (Å²) in [5.41, 5.74) is 3.14. The van der Waals surface area contributed by atoms with Crippen LogP contribution in [0.15, 0.2) is 18.2 Å². The minimum Gasteiger partial charge on any atom is -0.493 e. The van der Waals surface area contributed by atoms with E-state index in [1.165, 1.54) is 0 Å². The molecule has 4 atom stereocenters. The Kier molecular flexibility index (Phi) is 6.76. The maximum absolute atomic E-state index is 6.06. The fraction of sp³-hybridized carbons (Fsp3) is 0.520. The van der Waals surface area contributed by atoms with Crippen molar-refractivity contribution in [3.05, 3.63) is 34.9 Å². The van der Waals surface area contributed by atoms with Crippen LogP contribution in [0.4, 0.5) is 0 Å². The fourth-order valence-corrected chi connectivity index (χ4v) is 5.40. The lowest BCUT2D eigenvalue weighted by atomic mass is 9.66. The molecular formula is C25H32O8. The van der Waals surface area contributed by atoms with Crippen molar-refractivity contribution in [1.82, 2.24) is 0 Å². The molecule has 1 heterocycles. The van der Waals surface area contributed by atoms with E-state index < -0.39 is 0 Å². The zero-order valence-electron chi connectivity index (χ0n) is 20.2. The van der Waals surface area contributed by atoms with Crippen LogP contribution in [0, 0.1) is 11.8 Å². The zero-order chi connectivity index (χ0) is 23.7. The molecule has 2 aromatic rings. The number of rotatable bonds is 8. The Hall–Kier alpha value is -2.84. The first kappa shape index (κ1) is 23.3. The van der Waals surface area contributed by atoms with E-state index in [0.717, 1.165) is 23.1 Å². The van der Waals surface area contributed by atoms with Crippen LogP contribution >= 0.6 is 0 Å². The lowest BCUT2D eigenvalue weighted by molar-refractivity contribution is -0.113. The Balaban J connectivity index is 2.02. The van der Waals surface area contributed by atoms with Crippen LogP contribution in [-0.4, -0.2) is 62.7 Å². The van der Waals surface area contributed by atoms with E-state index in [0.29, 0.717) is 41.1 Å².